The number of Topliss-reactive ketones (excluding diaryl/α,β-unsaturated/α-hetero) is 1. The third-order valence-corrected chi connectivity index (χ3v) is 3.60. The summed E-state index contributed by atoms with van der Waals surface area (Å²) in [4.78, 5) is 14.5. The number of likely N-dealkylation sites (N-methyl/N-ethyl adjacent to an activating group) is 1. The second-order valence-electron chi connectivity index (χ2n) is 5.23. The highest BCUT2D eigenvalue weighted by molar-refractivity contribution is 6.00. The van der Waals surface area contributed by atoms with E-state index in [0.717, 1.165) is 22.4 Å². The number of halogens is 1. The molecule has 0 amide bonds. The monoisotopic (exact) mass is 285 g/mol. The molecular formula is C18H20FNO. The quantitative estimate of drug-likeness (QED) is 0.769. The van der Waals surface area contributed by atoms with Crippen LogP contribution in [0.3, 0.4) is 0 Å². The lowest BCUT2D eigenvalue weighted by Gasteiger charge is -2.22. The van der Waals surface area contributed by atoms with Gasteiger partial charge < -0.3 is 4.90 Å². The number of carbonyl (C=O) groups excluding carboxylic acids is 1. The molecule has 0 aliphatic rings. The molecule has 0 bridgehead atoms. The van der Waals surface area contributed by atoms with Crippen LogP contribution in [0.25, 0.3) is 0 Å². The maximum atomic E-state index is 13.0. The predicted molar refractivity (Wildman–Crippen MR) is 84.5 cm³/mol. The summed E-state index contributed by atoms with van der Waals surface area (Å²) in [5, 5.41) is 0. The summed E-state index contributed by atoms with van der Waals surface area (Å²) in [6.45, 7) is 6.91. The number of benzene rings is 2. The fourth-order valence-corrected chi connectivity index (χ4v) is 2.33. The Morgan fingerprint density at radius 2 is 1.76 bits per heavy atom. The first-order valence-electron chi connectivity index (χ1n) is 7.12. The van der Waals surface area contributed by atoms with Gasteiger partial charge in [0.2, 0.25) is 0 Å². The van der Waals surface area contributed by atoms with Crippen LogP contribution in [0.1, 0.15) is 28.4 Å². The highest BCUT2D eigenvalue weighted by Gasteiger charge is 2.14. The van der Waals surface area contributed by atoms with E-state index in [0.29, 0.717) is 13.1 Å². The molecule has 0 spiro atoms. The Labute approximate surface area is 125 Å². The Morgan fingerprint density at radius 3 is 2.38 bits per heavy atom. The molecule has 0 aliphatic carbocycles. The third kappa shape index (κ3) is 3.69. The van der Waals surface area contributed by atoms with Gasteiger partial charge in [-0.25, -0.2) is 4.39 Å². The number of aryl methyl sites for hydroxylation is 2. The van der Waals surface area contributed by atoms with Gasteiger partial charge in [0.1, 0.15) is 5.82 Å². The molecule has 2 rings (SSSR count). The lowest BCUT2D eigenvalue weighted by Crippen LogP contribution is -2.30. The van der Waals surface area contributed by atoms with Gasteiger partial charge in [-0.15, -0.1) is 0 Å². The van der Waals surface area contributed by atoms with Crippen LogP contribution in [0.15, 0.2) is 42.5 Å². The zero-order valence-electron chi connectivity index (χ0n) is 12.7. The highest BCUT2D eigenvalue weighted by Crippen LogP contribution is 2.17. The Kier molecular flexibility index (Phi) is 4.73. The average molecular weight is 285 g/mol. The molecule has 21 heavy (non-hydrogen) atoms. The van der Waals surface area contributed by atoms with Crippen molar-refractivity contribution >= 4 is 11.5 Å². The van der Waals surface area contributed by atoms with Crippen molar-refractivity contribution in [2.24, 2.45) is 0 Å². The number of ketones is 1. The van der Waals surface area contributed by atoms with Crippen molar-refractivity contribution in [1.29, 1.82) is 0 Å². The van der Waals surface area contributed by atoms with Gasteiger partial charge in [0, 0.05) is 17.8 Å². The van der Waals surface area contributed by atoms with Crippen molar-refractivity contribution in [2.75, 3.05) is 18.0 Å². The van der Waals surface area contributed by atoms with Gasteiger partial charge in [-0.3, -0.25) is 4.79 Å². The largest absolute Gasteiger partial charge is 0.364 e. The molecule has 3 heteroatoms. The molecule has 0 heterocycles. The lowest BCUT2D eigenvalue weighted by atomic mass is 10.0. The van der Waals surface area contributed by atoms with Crippen molar-refractivity contribution in [1.82, 2.24) is 0 Å². The van der Waals surface area contributed by atoms with Crippen molar-refractivity contribution in [3.8, 4) is 0 Å². The van der Waals surface area contributed by atoms with Crippen LogP contribution < -0.4 is 4.90 Å². The number of hydrogen-bond donors (Lipinski definition) is 0. The average Bonchev–Trinajstić information content (AvgIpc) is 2.48. The second-order valence-corrected chi connectivity index (χ2v) is 5.23. The van der Waals surface area contributed by atoms with E-state index in [1.807, 2.05) is 43.9 Å². The number of hydrogen-bond acceptors (Lipinski definition) is 2. The Bertz CT molecular complexity index is 634. The maximum Gasteiger partial charge on any atom is 0.182 e. The van der Waals surface area contributed by atoms with Gasteiger partial charge in [0.25, 0.3) is 0 Å². The molecule has 0 N–H and O–H groups in total. The van der Waals surface area contributed by atoms with Crippen LogP contribution in [-0.2, 0) is 0 Å². The molecule has 0 fully saturated rings. The van der Waals surface area contributed by atoms with E-state index in [2.05, 4.69) is 0 Å². The second kappa shape index (κ2) is 6.53. The van der Waals surface area contributed by atoms with Gasteiger partial charge >= 0.3 is 0 Å². The number of nitrogens with zero attached hydrogens (tertiary/aromatic N) is 1. The van der Waals surface area contributed by atoms with Gasteiger partial charge in [0.05, 0.1) is 6.54 Å². The molecule has 0 unspecified atom stereocenters. The minimum absolute atomic E-state index is 0.0855. The van der Waals surface area contributed by atoms with Crippen LogP contribution in [-0.4, -0.2) is 18.9 Å². The molecule has 0 aliphatic heterocycles. The highest BCUT2D eigenvalue weighted by atomic mass is 19.1. The Hall–Kier alpha value is -2.16. The van der Waals surface area contributed by atoms with Gasteiger partial charge in [-0.1, -0.05) is 17.7 Å². The van der Waals surface area contributed by atoms with E-state index in [1.165, 1.54) is 12.1 Å². The molecule has 2 nitrogen and oxygen atoms in total. The van der Waals surface area contributed by atoms with Crippen molar-refractivity contribution in [3.63, 3.8) is 0 Å². The fraction of sp³-hybridized carbons (Fsp3) is 0.278. The lowest BCUT2D eigenvalue weighted by molar-refractivity contribution is 0.0998. The molecule has 0 saturated carbocycles. The third-order valence-electron chi connectivity index (χ3n) is 3.60. The molecule has 0 saturated heterocycles. The number of carbonyl (C=O) groups is 1. The molecule has 2 aromatic carbocycles. The van der Waals surface area contributed by atoms with Crippen LogP contribution >= 0.6 is 0 Å². The van der Waals surface area contributed by atoms with Gasteiger partial charge in [0.15, 0.2) is 5.78 Å². The van der Waals surface area contributed by atoms with Crippen molar-refractivity contribution in [3.05, 3.63) is 65.0 Å². The minimum Gasteiger partial charge on any atom is -0.364 e. The van der Waals surface area contributed by atoms with Gasteiger partial charge in [-0.2, -0.15) is 0 Å². The van der Waals surface area contributed by atoms with Crippen molar-refractivity contribution in [2.45, 2.75) is 20.8 Å². The maximum absolute atomic E-state index is 13.0. The van der Waals surface area contributed by atoms with E-state index >= 15 is 0 Å². The first kappa shape index (κ1) is 15.2. The van der Waals surface area contributed by atoms with Crippen LogP contribution in [0, 0.1) is 19.7 Å². The molecular weight excluding hydrogens is 265 g/mol. The Morgan fingerprint density at radius 1 is 1.10 bits per heavy atom. The summed E-state index contributed by atoms with van der Waals surface area (Å²) in [6, 6.07) is 12.1. The molecule has 0 aromatic heterocycles. The van der Waals surface area contributed by atoms with Gasteiger partial charge in [-0.05, 0) is 56.7 Å². The Balaban J connectivity index is 2.20. The fourth-order valence-electron chi connectivity index (χ4n) is 2.33. The molecule has 2 aromatic rings. The van der Waals surface area contributed by atoms with E-state index in [-0.39, 0.29) is 11.6 Å². The first-order chi connectivity index (χ1) is 10.0. The predicted octanol–water partition coefficient (Wildman–Crippen LogP) is 4.15. The van der Waals surface area contributed by atoms with Crippen molar-refractivity contribution < 1.29 is 9.18 Å². The molecule has 0 atom stereocenters. The molecule has 0 radical (unpaired) electrons. The smallest absolute Gasteiger partial charge is 0.182 e. The zero-order valence-corrected chi connectivity index (χ0v) is 12.7. The summed E-state index contributed by atoms with van der Waals surface area (Å²) in [7, 11) is 0. The number of anilines is 1. The zero-order chi connectivity index (χ0) is 15.4. The summed E-state index contributed by atoms with van der Waals surface area (Å²) in [5.74, 6) is -0.182. The SMILES string of the molecule is CCN(CC(=O)c1cc(C)ccc1C)c1ccc(F)cc1. The van der Waals surface area contributed by atoms with E-state index in [1.54, 1.807) is 12.1 Å². The van der Waals surface area contributed by atoms with E-state index in [4.69, 9.17) is 0 Å². The normalized spacial score (nSPS) is 10.5. The first-order valence-corrected chi connectivity index (χ1v) is 7.12. The summed E-state index contributed by atoms with van der Waals surface area (Å²) in [5.41, 5.74) is 3.68. The van der Waals surface area contributed by atoms with E-state index < -0.39 is 0 Å². The van der Waals surface area contributed by atoms with Crippen LogP contribution in [0.5, 0.6) is 0 Å². The van der Waals surface area contributed by atoms with Crippen LogP contribution in [0.2, 0.25) is 0 Å². The minimum atomic E-state index is -0.268. The topological polar surface area (TPSA) is 20.3 Å². The summed E-state index contributed by atoms with van der Waals surface area (Å²) in [6.07, 6.45) is 0. The number of rotatable bonds is 5. The summed E-state index contributed by atoms with van der Waals surface area (Å²) < 4.78 is 13.0. The standard InChI is InChI=1S/C18H20FNO/c1-4-20(16-9-7-15(19)8-10-16)12-18(21)17-11-13(2)5-6-14(17)3/h5-11H,4,12H2,1-3H3. The van der Waals surface area contributed by atoms with E-state index in [9.17, 15) is 9.18 Å². The summed E-state index contributed by atoms with van der Waals surface area (Å²) >= 11 is 0. The van der Waals surface area contributed by atoms with Crippen LogP contribution in [0.4, 0.5) is 10.1 Å². The molecule has 110 valence electrons.